The van der Waals surface area contributed by atoms with E-state index in [2.05, 4.69) is 102 Å². The topological polar surface area (TPSA) is 25.8 Å². The minimum atomic E-state index is -2.07. The van der Waals surface area contributed by atoms with Gasteiger partial charge in [0.05, 0.1) is 20.4 Å². The molecule has 0 amide bonds. The molecule has 0 aliphatic rings. The quantitative estimate of drug-likeness (QED) is 0.109. The van der Waals surface area contributed by atoms with Crippen LogP contribution < -0.4 is 0 Å². The molecule has 0 atom stereocenters. The first-order valence-corrected chi connectivity index (χ1v) is 27.1. The molecular formula is C42H49ClN2S2Sn. The summed E-state index contributed by atoms with van der Waals surface area (Å²) in [6, 6.07) is 37.3. The number of unbranched alkanes of at least 4 members (excludes halogenated alkanes) is 3. The van der Waals surface area contributed by atoms with Gasteiger partial charge in [-0.1, -0.05) is 72.3 Å². The summed E-state index contributed by atoms with van der Waals surface area (Å²) in [5.74, 6) is 0. The van der Waals surface area contributed by atoms with Gasteiger partial charge in [-0.15, -0.1) is 22.7 Å². The summed E-state index contributed by atoms with van der Waals surface area (Å²) in [4.78, 5) is 8.66. The number of rotatable bonds is 13. The zero-order chi connectivity index (χ0) is 33.9. The predicted molar refractivity (Wildman–Crippen MR) is 220 cm³/mol. The number of fused-ring (bicyclic) bond motifs is 2. The molecule has 6 heteroatoms. The molecule has 4 aromatic carbocycles. The molecule has 0 N–H and O–H groups in total. The number of hydrogen-bond acceptors (Lipinski definition) is 4. The Balaban J connectivity index is 0.000000171. The summed E-state index contributed by atoms with van der Waals surface area (Å²) in [6.45, 7) is 7.03. The van der Waals surface area contributed by atoms with Crippen molar-refractivity contribution in [1.82, 2.24) is 9.97 Å². The van der Waals surface area contributed by atoms with Crippen molar-refractivity contribution in [2.75, 3.05) is 0 Å². The normalized spacial score (nSPS) is 11.5. The van der Waals surface area contributed by atoms with Crippen LogP contribution in [0.15, 0.2) is 113 Å². The van der Waals surface area contributed by atoms with Gasteiger partial charge in [-0.3, -0.25) is 0 Å². The van der Waals surface area contributed by atoms with Gasteiger partial charge in [-0.2, -0.15) is 0 Å². The Kier molecular flexibility index (Phi) is 16.9. The van der Waals surface area contributed by atoms with Gasteiger partial charge >= 0.3 is 137 Å². The molecule has 6 aromatic rings. The van der Waals surface area contributed by atoms with E-state index in [1.807, 2.05) is 60.7 Å². The molecular weight excluding hydrogens is 751 g/mol. The van der Waals surface area contributed by atoms with E-state index < -0.39 is 18.4 Å². The van der Waals surface area contributed by atoms with Crippen LogP contribution in [0.3, 0.4) is 0 Å². The second kappa shape index (κ2) is 21.3. The van der Waals surface area contributed by atoms with Gasteiger partial charge < -0.3 is 0 Å². The maximum Gasteiger partial charge on any atom is 0.184 e. The minimum absolute atomic E-state index is 0.612. The fraction of sp³-hybridized carbons (Fsp3) is 0.286. The molecule has 0 bridgehead atoms. The average Bonchev–Trinajstić information content (AvgIpc) is 3.74. The van der Waals surface area contributed by atoms with Crippen LogP contribution >= 0.6 is 34.3 Å². The van der Waals surface area contributed by atoms with Gasteiger partial charge in [0.25, 0.3) is 0 Å². The second-order valence-electron chi connectivity index (χ2n) is 12.1. The summed E-state index contributed by atoms with van der Waals surface area (Å²) in [5.41, 5.74) is 4.65. The van der Waals surface area contributed by atoms with Crippen LogP contribution in [0.5, 0.6) is 0 Å². The van der Waals surface area contributed by atoms with Crippen LogP contribution in [0.25, 0.3) is 38.7 Å². The van der Waals surface area contributed by atoms with Crippen molar-refractivity contribution >= 4 is 91.3 Å². The van der Waals surface area contributed by atoms with E-state index >= 15 is 0 Å². The molecule has 0 saturated carbocycles. The molecule has 0 aliphatic carbocycles. The first kappa shape index (κ1) is 38.0. The minimum Gasteiger partial charge on any atom is -0.225 e. The van der Waals surface area contributed by atoms with Crippen LogP contribution in [0, 0.1) is 0 Å². The van der Waals surface area contributed by atoms with E-state index in [1.54, 1.807) is 24.6 Å². The monoisotopic (exact) mass is 800 g/mol. The van der Waals surface area contributed by atoms with E-state index in [4.69, 9.17) is 11.6 Å². The zero-order valence-electron chi connectivity index (χ0n) is 28.7. The maximum absolute atomic E-state index is 5.69. The Morgan fingerprint density at radius 1 is 0.542 bits per heavy atom. The van der Waals surface area contributed by atoms with E-state index in [0.717, 1.165) is 20.7 Å². The van der Waals surface area contributed by atoms with Crippen molar-refractivity contribution < 1.29 is 0 Å². The number of benzene rings is 4. The van der Waals surface area contributed by atoms with Crippen molar-refractivity contribution in [3.8, 4) is 0 Å². The van der Waals surface area contributed by atoms with Gasteiger partial charge in [-0.05, 0) is 35.9 Å². The SMILES string of the molecule is C(=C\c1nc2ccccc2s1)/c1ccccc1.CCC[CH2][Sn](/[CH]=C/c1ccccc1)([CH2]CCC)[CH2]CCC.Clc1nc2ccccc2s1. The Morgan fingerprint density at radius 3 is 1.50 bits per heavy atom. The van der Waals surface area contributed by atoms with Gasteiger partial charge in [-0.25, -0.2) is 9.97 Å². The molecule has 0 fully saturated rings. The summed E-state index contributed by atoms with van der Waals surface area (Å²) in [7, 11) is 0. The van der Waals surface area contributed by atoms with Gasteiger partial charge in [0, 0.05) is 0 Å². The Hall–Kier alpha value is -2.77. The predicted octanol–water partition coefficient (Wildman–Crippen LogP) is 14.5. The fourth-order valence-corrected chi connectivity index (χ4v) is 21.7. The number of aromatic nitrogens is 2. The van der Waals surface area contributed by atoms with Crippen LogP contribution in [0.2, 0.25) is 17.8 Å². The first-order chi connectivity index (χ1) is 23.5. The Morgan fingerprint density at radius 2 is 1.00 bits per heavy atom. The molecule has 6 rings (SSSR count). The van der Waals surface area contributed by atoms with Crippen LogP contribution in [-0.2, 0) is 0 Å². The summed E-state index contributed by atoms with van der Waals surface area (Å²) in [5, 5.41) is 1.05. The van der Waals surface area contributed by atoms with E-state index in [1.165, 1.54) is 65.7 Å². The summed E-state index contributed by atoms with van der Waals surface area (Å²) in [6.07, 6.45) is 15.0. The van der Waals surface area contributed by atoms with E-state index in [-0.39, 0.29) is 0 Å². The average molecular weight is 800 g/mol. The third-order valence-electron chi connectivity index (χ3n) is 8.31. The van der Waals surface area contributed by atoms with Gasteiger partial charge in [0.2, 0.25) is 0 Å². The van der Waals surface area contributed by atoms with E-state index in [9.17, 15) is 0 Å². The molecule has 0 spiro atoms. The number of hydrogen-bond donors (Lipinski definition) is 0. The summed E-state index contributed by atoms with van der Waals surface area (Å²) < 4.78 is 10.4. The second-order valence-corrected chi connectivity index (χ2v) is 27.8. The Bertz CT molecular complexity index is 1720. The van der Waals surface area contributed by atoms with Crippen LogP contribution in [-0.4, -0.2) is 28.3 Å². The molecule has 0 unspecified atom stereocenters. The molecule has 2 nitrogen and oxygen atoms in total. The number of halogens is 1. The molecule has 0 saturated heterocycles. The van der Waals surface area contributed by atoms with Crippen LogP contribution in [0.1, 0.15) is 75.4 Å². The largest absolute Gasteiger partial charge is 0.225 e. The summed E-state index contributed by atoms with van der Waals surface area (Å²) >= 11 is 6.85. The third-order valence-corrected chi connectivity index (χ3v) is 24.5. The fourth-order valence-electron chi connectivity index (χ4n) is 5.59. The molecule has 2 aromatic heterocycles. The van der Waals surface area contributed by atoms with Gasteiger partial charge in [0.1, 0.15) is 5.01 Å². The van der Waals surface area contributed by atoms with Crippen LogP contribution in [0.4, 0.5) is 0 Å². The van der Waals surface area contributed by atoms with Crippen molar-refractivity contribution in [3.63, 3.8) is 0 Å². The molecule has 0 radical (unpaired) electrons. The zero-order valence-corrected chi connectivity index (χ0v) is 33.9. The van der Waals surface area contributed by atoms with Gasteiger partial charge in [0.15, 0.2) is 4.47 Å². The first-order valence-electron chi connectivity index (χ1n) is 17.4. The maximum atomic E-state index is 5.69. The van der Waals surface area contributed by atoms with E-state index in [0.29, 0.717) is 4.47 Å². The molecule has 250 valence electrons. The van der Waals surface area contributed by atoms with Crippen molar-refractivity contribution in [3.05, 3.63) is 134 Å². The number of para-hydroxylation sites is 2. The standard InChI is InChI=1S/C15H11NS.C8H7.C7H4ClNS.3C4H9.Sn/c1-2-6-12(7-3-1)10-11-15-16-13-8-4-5-9-14(13)17-15;1-2-8-6-4-3-5-7-8;8-7-9-5-3-1-2-4-6(5)10-7;3*1-3-4-2;/h1-11H;1-7H;1-4H;3*1,3-4H2,2H3;/b11-10+;;;;;;. The van der Waals surface area contributed by atoms with Crippen molar-refractivity contribution in [2.45, 2.75) is 72.6 Å². The molecule has 48 heavy (non-hydrogen) atoms. The molecule has 2 heterocycles. The number of thiazole rings is 2. The molecule has 0 aliphatic heterocycles. The number of nitrogens with zero attached hydrogens (tertiary/aromatic N) is 2. The van der Waals surface area contributed by atoms with Crippen molar-refractivity contribution in [2.24, 2.45) is 0 Å². The third kappa shape index (κ3) is 12.9. The van der Waals surface area contributed by atoms with Crippen molar-refractivity contribution in [1.29, 1.82) is 0 Å². The smallest absolute Gasteiger partial charge is 0.184 e. The Labute approximate surface area is 305 Å².